The third-order valence-corrected chi connectivity index (χ3v) is 3.77. The minimum absolute atomic E-state index is 0.609. The van der Waals surface area contributed by atoms with Gasteiger partial charge in [0.2, 0.25) is 0 Å². The van der Waals surface area contributed by atoms with Gasteiger partial charge in [0.25, 0.3) is 0 Å². The molecule has 2 heterocycles. The molecular formula is C17H20N6O. The molecule has 0 bridgehead atoms. The Hall–Kier alpha value is -2.69. The van der Waals surface area contributed by atoms with Crippen LogP contribution in [0.2, 0.25) is 0 Å². The molecule has 1 saturated heterocycles. The van der Waals surface area contributed by atoms with Gasteiger partial charge in [-0.15, -0.1) is 0 Å². The molecule has 1 aromatic heterocycles. The third kappa shape index (κ3) is 4.65. The molecule has 0 aliphatic carbocycles. The molecule has 2 aromatic rings. The second kappa shape index (κ2) is 8.24. The number of hydrogen-bond acceptors (Lipinski definition) is 7. The highest BCUT2D eigenvalue weighted by molar-refractivity contribution is 5.60. The van der Waals surface area contributed by atoms with Crippen molar-refractivity contribution in [1.82, 2.24) is 14.9 Å². The van der Waals surface area contributed by atoms with E-state index >= 15 is 0 Å². The lowest BCUT2D eigenvalue weighted by Gasteiger charge is -2.26. The molecule has 1 fully saturated rings. The van der Waals surface area contributed by atoms with Gasteiger partial charge in [0.15, 0.2) is 0 Å². The number of nitriles is 1. The first kappa shape index (κ1) is 16.2. The zero-order valence-electron chi connectivity index (χ0n) is 13.4. The summed E-state index contributed by atoms with van der Waals surface area (Å²) in [7, 11) is 0. The Labute approximate surface area is 141 Å². The molecule has 0 amide bonds. The predicted octanol–water partition coefficient (Wildman–Crippen LogP) is 1.84. The van der Waals surface area contributed by atoms with Gasteiger partial charge in [-0.1, -0.05) is 6.07 Å². The summed E-state index contributed by atoms with van der Waals surface area (Å²) in [5.74, 6) is 1.46. The zero-order chi connectivity index (χ0) is 16.6. The van der Waals surface area contributed by atoms with Crippen molar-refractivity contribution in [1.29, 1.82) is 5.26 Å². The molecule has 2 N–H and O–H groups in total. The number of benzene rings is 1. The van der Waals surface area contributed by atoms with Crippen LogP contribution in [-0.4, -0.2) is 54.3 Å². The van der Waals surface area contributed by atoms with Crippen LogP contribution in [0.1, 0.15) is 5.56 Å². The maximum absolute atomic E-state index is 8.95. The van der Waals surface area contributed by atoms with Crippen LogP contribution in [0.25, 0.3) is 0 Å². The van der Waals surface area contributed by atoms with E-state index in [2.05, 4.69) is 31.6 Å². The van der Waals surface area contributed by atoms with Gasteiger partial charge in [-0.05, 0) is 18.2 Å². The van der Waals surface area contributed by atoms with E-state index in [0.717, 1.165) is 50.9 Å². The molecular weight excluding hydrogens is 304 g/mol. The monoisotopic (exact) mass is 324 g/mol. The van der Waals surface area contributed by atoms with E-state index in [1.165, 1.54) is 6.33 Å². The highest BCUT2D eigenvalue weighted by atomic mass is 16.5. The molecule has 7 heteroatoms. The maximum atomic E-state index is 8.95. The Kier molecular flexibility index (Phi) is 5.56. The molecule has 1 aromatic carbocycles. The van der Waals surface area contributed by atoms with E-state index in [1.807, 2.05) is 18.2 Å². The Balaban J connectivity index is 1.54. The van der Waals surface area contributed by atoms with Crippen LogP contribution < -0.4 is 10.6 Å². The lowest BCUT2D eigenvalue weighted by Crippen LogP contribution is -2.39. The second-order valence-corrected chi connectivity index (χ2v) is 5.49. The molecule has 0 unspecified atom stereocenters. The summed E-state index contributed by atoms with van der Waals surface area (Å²) >= 11 is 0. The topological polar surface area (TPSA) is 86.1 Å². The first-order valence-corrected chi connectivity index (χ1v) is 7.97. The van der Waals surface area contributed by atoms with E-state index in [1.54, 1.807) is 12.1 Å². The molecule has 0 spiro atoms. The lowest BCUT2D eigenvalue weighted by atomic mass is 10.2. The van der Waals surface area contributed by atoms with Crippen molar-refractivity contribution >= 4 is 17.3 Å². The minimum atomic E-state index is 0.609. The SMILES string of the molecule is N#Cc1cccc(Nc2cc(NCCN3CCOCC3)ncn2)c1. The standard InChI is InChI=1S/C17H20N6O/c18-12-14-2-1-3-15(10-14)22-17-11-16(20-13-21-17)19-4-5-23-6-8-24-9-7-23/h1-3,10-11,13H,4-9H2,(H2,19,20,21,22). The molecule has 24 heavy (non-hydrogen) atoms. The normalized spacial score (nSPS) is 14.8. The largest absolute Gasteiger partial charge is 0.379 e. The quantitative estimate of drug-likeness (QED) is 0.838. The average Bonchev–Trinajstić information content (AvgIpc) is 2.63. The highest BCUT2D eigenvalue weighted by Gasteiger charge is 2.09. The summed E-state index contributed by atoms with van der Waals surface area (Å²) in [6.07, 6.45) is 1.52. The summed E-state index contributed by atoms with van der Waals surface area (Å²) in [5.41, 5.74) is 1.44. The van der Waals surface area contributed by atoms with Gasteiger partial charge in [-0.2, -0.15) is 5.26 Å². The van der Waals surface area contributed by atoms with Crippen molar-refractivity contribution in [2.75, 3.05) is 50.0 Å². The van der Waals surface area contributed by atoms with Gasteiger partial charge in [0.05, 0.1) is 24.8 Å². The number of morpholine rings is 1. The number of ether oxygens (including phenoxy) is 1. The Morgan fingerprint density at radius 2 is 2.00 bits per heavy atom. The first-order valence-electron chi connectivity index (χ1n) is 7.97. The summed E-state index contributed by atoms with van der Waals surface area (Å²) < 4.78 is 5.34. The van der Waals surface area contributed by atoms with E-state index < -0.39 is 0 Å². The van der Waals surface area contributed by atoms with Crippen LogP contribution >= 0.6 is 0 Å². The fourth-order valence-electron chi connectivity index (χ4n) is 2.50. The fourth-order valence-corrected chi connectivity index (χ4v) is 2.50. The molecule has 3 rings (SSSR count). The van der Waals surface area contributed by atoms with Crippen molar-refractivity contribution in [2.24, 2.45) is 0 Å². The van der Waals surface area contributed by atoms with Crippen molar-refractivity contribution in [3.63, 3.8) is 0 Å². The number of anilines is 3. The van der Waals surface area contributed by atoms with Crippen LogP contribution in [0.15, 0.2) is 36.7 Å². The molecule has 0 atom stereocenters. The second-order valence-electron chi connectivity index (χ2n) is 5.49. The van der Waals surface area contributed by atoms with Crippen LogP contribution in [0.3, 0.4) is 0 Å². The van der Waals surface area contributed by atoms with Gasteiger partial charge in [-0.3, -0.25) is 4.90 Å². The maximum Gasteiger partial charge on any atom is 0.135 e. The van der Waals surface area contributed by atoms with E-state index in [-0.39, 0.29) is 0 Å². The molecule has 1 aliphatic rings. The van der Waals surface area contributed by atoms with E-state index in [4.69, 9.17) is 10.00 Å². The molecule has 7 nitrogen and oxygen atoms in total. The Morgan fingerprint density at radius 1 is 1.17 bits per heavy atom. The number of hydrogen-bond donors (Lipinski definition) is 2. The fraction of sp³-hybridized carbons (Fsp3) is 0.353. The van der Waals surface area contributed by atoms with Crippen LogP contribution in [0, 0.1) is 11.3 Å². The molecule has 0 saturated carbocycles. The third-order valence-electron chi connectivity index (χ3n) is 3.77. The van der Waals surface area contributed by atoms with Crippen molar-refractivity contribution in [2.45, 2.75) is 0 Å². The minimum Gasteiger partial charge on any atom is -0.379 e. The number of nitrogens with zero attached hydrogens (tertiary/aromatic N) is 4. The number of aromatic nitrogens is 2. The van der Waals surface area contributed by atoms with Crippen LogP contribution in [0.4, 0.5) is 17.3 Å². The highest BCUT2D eigenvalue weighted by Crippen LogP contribution is 2.17. The molecule has 124 valence electrons. The lowest BCUT2D eigenvalue weighted by molar-refractivity contribution is 0.0398. The Morgan fingerprint density at radius 3 is 2.83 bits per heavy atom. The average molecular weight is 324 g/mol. The zero-order valence-corrected chi connectivity index (χ0v) is 13.4. The van der Waals surface area contributed by atoms with Gasteiger partial charge in [-0.25, -0.2) is 9.97 Å². The molecule has 0 radical (unpaired) electrons. The van der Waals surface area contributed by atoms with E-state index in [9.17, 15) is 0 Å². The van der Waals surface area contributed by atoms with Gasteiger partial charge < -0.3 is 15.4 Å². The van der Waals surface area contributed by atoms with Crippen molar-refractivity contribution in [3.8, 4) is 6.07 Å². The Bertz CT molecular complexity index is 708. The smallest absolute Gasteiger partial charge is 0.135 e. The van der Waals surface area contributed by atoms with Crippen LogP contribution in [0.5, 0.6) is 0 Å². The van der Waals surface area contributed by atoms with E-state index in [0.29, 0.717) is 11.4 Å². The summed E-state index contributed by atoms with van der Waals surface area (Å²) in [6, 6.07) is 11.3. The van der Waals surface area contributed by atoms with Gasteiger partial charge in [0, 0.05) is 37.9 Å². The summed E-state index contributed by atoms with van der Waals surface area (Å²) in [6.45, 7) is 5.36. The van der Waals surface area contributed by atoms with Crippen LogP contribution in [-0.2, 0) is 4.74 Å². The van der Waals surface area contributed by atoms with Gasteiger partial charge >= 0.3 is 0 Å². The summed E-state index contributed by atoms with van der Waals surface area (Å²) in [5, 5.41) is 15.5. The predicted molar refractivity (Wildman–Crippen MR) is 92.2 cm³/mol. The number of nitrogens with one attached hydrogen (secondary N) is 2. The molecule has 1 aliphatic heterocycles. The first-order chi connectivity index (χ1) is 11.8. The van der Waals surface area contributed by atoms with Crippen molar-refractivity contribution in [3.05, 3.63) is 42.2 Å². The van der Waals surface area contributed by atoms with Gasteiger partial charge in [0.1, 0.15) is 18.0 Å². The number of rotatable bonds is 6. The van der Waals surface area contributed by atoms with Crippen molar-refractivity contribution < 1.29 is 4.74 Å². The summed E-state index contributed by atoms with van der Waals surface area (Å²) in [4.78, 5) is 10.8.